The van der Waals surface area contributed by atoms with E-state index >= 15 is 0 Å². The van der Waals surface area contributed by atoms with Crippen molar-refractivity contribution >= 4 is 17.6 Å². The number of hydrogen-bond acceptors (Lipinski definition) is 3. The molecule has 0 spiro atoms. The SMILES string of the molecule is O=C(O)CC[C@H](Nc1ccc(F)cc1)C(=O)O. The van der Waals surface area contributed by atoms with E-state index in [-0.39, 0.29) is 12.8 Å². The second kappa shape index (κ2) is 5.83. The van der Waals surface area contributed by atoms with Crippen molar-refractivity contribution in [2.75, 3.05) is 5.32 Å². The van der Waals surface area contributed by atoms with Crippen LogP contribution in [0.5, 0.6) is 0 Å². The van der Waals surface area contributed by atoms with E-state index in [0.717, 1.165) is 0 Å². The van der Waals surface area contributed by atoms with Gasteiger partial charge >= 0.3 is 11.9 Å². The third-order valence-corrected chi connectivity index (χ3v) is 2.13. The van der Waals surface area contributed by atoms with Gasteiger partial charge in [0.2, 0.25) is 0 Å². The number of hydrogen-bond donors (Lipinski definition) is 3. The van der Waals surface area contributed by atoms with Gasteiger partial charge in [0.25, 0.3) is 0 Å². The highest BCUT2D eigenvalue weighted by Crippen LogP contribution is 2.12. The molecule has 3 N–H and O–H groups in total. The van der Waals surface area contributed by atoms with E-state index in [0.29, 0.717) is 5.69 Å². The summed E-state index contributed by atoms with van der Waals surface area (Å²) in [4.78, 5) is 21.2. The molecule has 92 valence electrons. The quantitative estimate of drug-likeness (QED) is 0.703. The lowest BCUT2D eigenvalue weighted by molar-refractivity contribution is -0.139. The fourth-order valence-electron chi connectivity index (χ4n) is 1.27. The van der Waals surface area contributed by atoms with Crippen LogP contribution in [0.25, 0.3) is 0 Å². The highest BCUT2D eigenvalue weighted by molar-refractivity contribution is 5.78. The maximum absolute atomic E-state index is 12.6. The molecule has 0 fully saturated rings. The van der Waals surface area contributed by atoms with Crippen molar-refractivity contribution in [3.63, 3.8) is 0 Å². The van der Waals surface area contributed by atoms with Gasteiger partial charge in [-0.15, -0.1) is 0 Å². The van der Waals surface area contributed by atoms with E-state index in [1.165, 1.54) is 24.3 Å². The molecular weight excluding hydrogens is 229 g/mol. The van der Waals surface area contributed by atoms with Crippen LogP contribution in [0.3, 0.4) is 0 Å². The van der Waals surface area contributed by atoms with Crippen molar-refractivity contribution in [3.05, 3.63) is 30.1 Å². The number of halogens is 1. The summed E-state index contributed by atoms with van der Waals surface area (Å²) in [5, 5.41) is 20.0. The average molecular weight is 241 g/mol. The lowest BCUT2D eigenvalue weighted by Crippen LogP contribution is -2.29. The molecule has 1 rings (SSSR count). The van der Waals surface area contributed by atoms with E-state index in [9.17, 15) is 14.0 Å². The van der Waals surface area contributed by atoms with Crippen molar-refractivity contribution in [1.29, 1.82) is 0 Å². The average Bonchev–Trinajstić information content (AvgIpc) is 2.26. The van der Waals surface area contributed by atoms with Crippen LogP contribution in [0.15, 0.2) is 24.3 Å². The molecule has 6 heteroatoms. The summed E-state index contributed by atoms with van der Waals surface area (Å²) in [5.41, 5.74) is 0.434. The first kappa shape index (κ1) is 13.0. The second-order valence-corrected chi connectivity index (χ2v) is 3.47. The summed E-state index contributed by atoms with van der Waals surface area (Å²) in [6, 6.07) is 4.17. The predicted molar refractivity (Wildman–Crippen MR) is 58.3 cm³/mol. The Labute approximate surface area is 96.9 Å². The number of anilines is 1. The van der Waals surface area contributed by atoms with Crippen LogP contribution in [0.2, 0.25) is 0 Å². The van der Waals surface area contributed by atoms with Gasteiger partial charge in [0.15, 0.2) is 0 Å². The summed E-state index contributed by atoms with van der Waals surface area (Å²) in [6.07, 6.45) is -0.285. The van der Waals surface area contributed by atoms with Crippen LogP contribution in [-0.2, 0) is 9.59 Å². The van der Waals surface area contributed by atoms with Crippen molar-refractivity contribution in [2.45, 2.75) is 18.9 Å². The van der Waals surface area contributed by atoms with Gasteiger partial charge in [-0.25, -0.2) is 9.18 Å². The third kappa shape index (κ3) is 4.50. The van der Waals surface area contributed by atoms with E-state index in [4.69, 9.17) is 10.2 Å². The van der Waals surface area contributed by atoms with Gasteiger partial charge in [0, 0.05) is 12.1 Å². The van der Waals surface area contributed by atoms with Crippen LogP contribution in [0.4, 0.5) is 10.1 Å². The van der Waals surface area contributed by atoms with Crippen molar-refractivity contribution in [2.24, 2.45) is 0 Å². The monoisotopic (exact) mass is 241 g/mol. The van der Waals surface area contributed by atoms with E-state index < -0.39 is 23.8 Å². The lowest BCUT2D eigenvalue weighted by atomic mass is 10.1. The van der Waals surface area contributed by atoms with Gasteiger partial charge in [0.05, 0.1) is 0 Å². The Morgan fingerprint density at radius 3 is 2.29 bits per heavy atom. The van der Waals surface area contributed by atoms with E-state index in [1.807, 2.05) is 0 Å². The Hall–Kier alpha value is -2.11. The Kier molecular flexibility index (Phi) is 4.45. The molecule has 0 saturated carbocycles. The van der Waals surface area contributed by atoms with Gasteiger partial charge < -0.3 is 15.5 Å². The molecule has 0 aromatic heterocycles. The molecule has 1 aromatic rings. The van der Waals surface area contributed by atoms with Crippen LogP contribution >= 0.6 is 0 Å². The van der Waals surface area contributed by atoms with Gasteiger partial charge in [-0.1, -0.05) is 0 Å². The Balaban J connectivity index is 2.63. The van der Waals surface area contributed by atoms with Gasteiger partial charge in [-0.3, -0.25) is 4.79 Å². The minimum absolute atomic E-state index is 0.0396. The van der Waals surface area contributed by atoms with E-state index in [1.54, 1.807) is 0 Å². The smallest absolute Gasteiger partial charge is 0.326 e. The fraction of sp³-hybridized carbons (Fsp3) is 0.273. The van der Waals surface area contributed by atoms with E-state index in [2.05, 4.69) is 5.32 Å². The summed E-state index contributed by atoms with van der Waals surface area (Å²) in [5.74, 6) is -2.62. The highest BCUT2D eigenvalue weighted by atomic mass is 19.1. The topological polar surface area (TPSA) is 86.6 Å². The Morgan fingerprint density at radius 2 is 1.82 bits per heavy atom. The predicted octanol–water partition coefficient (Wildman–Crippen LogP) is 1.56. The number of nitrogens with one attached hydrogen (secondary N) is 1. The molecule has 1 atom stereocenters. The summed E-state index contributed by atoms with van der Waals surface area (Å²) < 4.78 is 12.6. The van der Waals surface area contributed by atoms with Crippen molar-refractivity contribution in [3.8, 4) is 0 Å². The molecule has 0 amide bonds. The molecule has 0 aliphatic heterocycles. The first-order valence-electron chi connectivity index (χ1n) is 4.95. The maximum Gasteiger partial charge on any atom is 0.326 e. The molecule has 0 heterocycles. The molecular formula is C11H12FNO4. The normalized spacial score (nSPS) is 11.8. The molecule has 0 radical (unpaired) electrons. The van der Waals surface area contributed by atoms with Gasteiger partial charge in [0.1, 0.15) is 11.9 Å². The second-order valence-electron chi connectivity index (χ2n) is 3.47. The minimum atomic E-state index is -1.14. The molecule has 0 aliphatic carbocycles. The zero-order chi connectivity index (χ0) is 12.8. The zero-order valence-electron chi connectivity index (χ0n) is 8.89. The van der Waals surface area contributed by atoms with Crippen molar-refractivity contribution < 1.29 is 24.2 Å². The fourth-order valence-corrected chi connectivity index (χ4v) is 1.27. The molecule has 5 nitrogen and oxygen atoms in total. The van der Waals surface area contributed by atoms with Gasteiger partial charge in [-0.2, -0.15) is 0 Å². The van der Waals surface area contributed by atoms with Crippen LogP contribution in [-0.4, -0.2) is 28.2 Å². The highest BCUT2D eigenvalue weighted by Gasteiger charge is 2.18. The molecule has 0 bridgehead atoms. The Morgan fingerprint density at radius 1 is 1.24 bits per heavy atom. The molecule has 17 heavy (non-hydrogen) atoms. The largest absolute Gasteiger partial charge is 0.481 e. The molecule has 0 aliphatic rings. The number of carbonyl (C=O) groups is 2. The summed E-state index contributed by atoms with van der Waals surface area (Å²) >= 11 is 0. The Bertz CT molecular complexity index is 404. The minimum Gasteiger partial charge on any atom is -0.481 e. The molecule has 0 saturated heterocycles. The number of aliphatic carboxylic acids is 2. The first-order chi connectivity index (χ1) is 7.99. The maximum atomic E-state index is 12.6. The molecule has 1 aromatic carbocycles. The summed E-state index contributed by atoms with van der Waals surface area (Å²) in [6.45, 7) is 0. The number of carboxylic acids is 2. The van der Waals surface area contributed by atoms with Crippen LogP contribution in [0.1, 0.15) is 12.8 Å². The number of rotatable bonds is 6. The number of carboxylic acid groups (broad SMARTS) is 2. The molecule has 0 unspecified atom stereocenters. The van der Waals surface area contributed by atoms with Crippen LogP contribution < -0.4 is 5.32 Å². The first-order valence-corrected chi connectivity index (χ1v) is 4.95. The van der Waals surface area contributed by atoms with Crippen molar-refractivity contribution in [1.82, 2.24) is 0 Å². The summed E-state index contributed by atoms with van der Waals surface area (Å²) in [7, 11) is 0. The van der Waals surface area contributed by atoms with Gasteiger partial charge in [-0.05, 0) is 30.7 Å². The van der Waals surface area contributed by atoms with Crippen LogP contribution in [0, 0.1) is 5.82 Å². The lowest BCUT2D eigenvalue weighted by Gasteiger charge is -2.14. The standard InChI is InChI=1S/C11H12FNO4/c12-7-1-3-8(4-2-7)13-9(11(16)17)5-6-10(14)15/h1-4,9,13H,5-6H2,(H,14,15)(H,16,17)/t9-/m0/s1. The third-order valence-electron chi connectivity index (χ3n) is 2.13. The number of benzene rings is 1. The zero-order valence-corrected chi connectivity index (χ0v) is 8.89.